The predicted molar refractivity (Wildman–Crippen MR) is 60.1 cm³/mol. The second kappa shape index (κ2) is 4.80. The first kappa shape index (κ1) is 12.6. The van der Waals surface area contributed by atoms with E-state index in [1.807, 2.05) is 6.92 Å². The van der Waals surface area contributed by atoms with Gasteiger partial charge in [-0.25, -0.2) is 0 Å². The van der Waals surface area contributed by atoms with Gasteiger partial charge < -0.3 is 5.32 Å². The number of nitrogens with one attached hydrogen (secondary N) is 1. The van der Waals surface area contributed by atoms with Crippen molar-refractivity contribution in [2.45, 2.75) is 44.8 Å². The van der Waals surface area contributed by atoms with Crippen LogP contribution >= 0.6 is 11.3 Å². The molecule has 96 valence electrons. The van der Waals surface area contributed by atoms with Gasteiger partial charge in [0.1, 0.15) is 5.01 Å². The normalized spacial score (nSPS) is 25.9. The van der Waals surface area contributed by atoms with Crippen molar-refractivity contribution in [1.29, 1.82) is 0 Å². The quantitative estimate of drug-likeness (QED) is 0.890. The van der Waals surface area contributed by atoms with Crippen molar-refractivity contribution in [3.63, 3.8) is 0 Å². The lowest BCUT2D eigenvalue weighted by molar-refractivity contribution is -0.182. The summed E-state index contributed by atoms with van der Waals surface area (Å²) in [7, 11) is 0. The fourth-order valence-corrected chi connectivity index (χ4v) is 2.82. The number of anilines is 1. The third kappa shape index (κ3) is 3.31. The van der Waals surface area contributed by atoms with Crippen molar-refractivity contribution >= 4 is 16.5 Å². The highest BCUT2D eigenvalue weighted by molar-refractivity contribution is 7.15. The van der Waals surface area contributed by atoms with Crippen molar-refractivity contribution in [1.82, 2.24) is 10.2 Å². The first-order valence-corrected chi connectivity index (χ1v) is 6.40. The van der Waals surface area contributed by atoms with Crippen LogP contribution in [-0.2, 0) is 0 Å². The van der Waals surface area contributed by atoms with Gasteiger partial charge in [0.15, 0.2) is 0 Å². The van der Waals surface area contributed by atoms with E-state index >= 15 is 0 Å². The fourth-order valence-electron chi connectivity index (χ4n) is 2.15. The van der Waals surface area contributed by atoms with Crippen LogP contribution in [0.4, 0.5) is 18.3 Å². The monoisotopic (exact) mass is 265 g/mol. The fraction of sp³-hybridized carbons (Fsp3) is 0.800. The number of nitrogens with zero attached hydrogens (tertiary/aromatic N) is 2. The first-order chi connectivity index (χ1) is 7.95. The van der Waals surface area contributed by atoms with Crippen molar-refractivity contribution in [3.8, 4) is 0 Å². The standard InChI is InChI=1S/C10H14F3N3S/c1-6-15-16-9(17-6)14-8-4-2-3-7(5-8)10(11,12)13/h7-8H,2-5H2,1H3,(H,14,16). The summed E-state index contributed by atoms with van der Waals surface area (Å²) in [5.41, 5.74) is 0. The molecule has 3 nitrogen and oxygen atoms in total. The number of halogens is 3. The Hall–Kier alpha value is -0.850. The summed E-state index contributed by atoms with van der Waals surface area (Å²) in [6.07, 6.45) is -2.30. The molecular formula is C10H14F3N3S. The third-order valence-electron chi connectivity index (χ3n) is 2.99. The van der Waals surface area contributed by atoms with Gasteiger partial charge in [-0.15, -0.1) is 10.2 Å². The molecule has 0 amide bonds. The highest BCUT2D eigenvalue weighted by Crippen LogP contribution is 2.38. The predicted octanol–water partition coefficient (Wildman–Crippen LogP) is 3.38. The molecule has 1 heterocycles. The van der Waals surface area contributed by atoms with Gasteiger partial charge in [0.05, 0.1) is 5.92 Å². The lowest BCUT2D eigenvalue weighted by Crippen LogP contribution is -2.34. The maximum atomic E-state index is 12.6. The Morgan fingerprint density at radius 1 is 1.29 bits per heavy atom. The van der Waals surface area contributed by atoms with Gasteiger partial charge in [-0.2, -0.15) is 13.2 Å². The molecule has 1 aliphatic rings. The highest BCUT2D eigenvalue weighted by atomic mass is 32.1. The SMILES string of the molecule is Cc1nnc(NC2CCCC(C(F)(F)F)C2)s1. The second-order valence-corrected chi connectivity index (χ2v) is 5.55. The minimum absolute atomic E-state index is 0.136. The molecule has 2 unspecified atom stereocenters. The topological polar surface area (TPSA) is 37.8 Å². The Morgan fingerprint density at radius 3 is 2.65 bits per heavy atom. The summed E-state index contributed by atoms with van der Waals surface area (Å²) >= 11 is 1.38. The summed E-state index contributed by atoms with van der Waals surface area (Å²) in [4.78, 5) is 0. The summed E-state index contributed by atoms with van der Waals surface area (Å²) < 4.78 is 37.8. The van der Waals surface area contributed by atoms with E-state index in [0.717, 1.165) is 11.4 Å². The molecule has 0 aromatic carbocycles. The average Bonchev–Trinajstić information content (AvgIpc) is 2.63. The largest absolute Gasteiger partial charge is 0.391 e. The van der Waals surface area contributed by atoms with Crippen LogP contribution in [0.2, 0.25) is 0 Å². The van der Waals surface area contributed by atoms with E-state index in [1.165, 1.54) is 11.3 Å². The molecule has 1 aliphatic carbocycles. The number of aromatic nitrogens is 2. The van der Waals surface area contributed by atoms with E-state index in [4.69, 9.17) is 0 Å². The average molecular weight is 265 g/mol. The van der Waals surface area contributed by atoms with Crippen LogP contribution in [-0.4, -0.2) is 22.4 Å². The summed E-state index contributed by atoms with van der Waals surface area (Å²) in [6, 6.07) is -0.136. The molecule has 0 radical (unpaired) electrons. The minimum atomic E-state index is -4.07. The van der Waals surface area contributed by atoms with Gasteiger partial charge in [0.25, 0.3) is 0 Å². The van der Waals surface area contributed by atoms with Crippen LogP contribution in [0, 0.1) is 12.8 Å². The Balaban J connectivity index is 1.94. The molecule has 1 N–H and O–H groups in total. The van der Waals surface area contributed by atoms with Crippen molar-refractivity contribution < 1.29 is 13.2 Å². The molecule has 0 bridgehead atoms. The maximum absolute atomic E-state index is 12.6. The Morgan fingerprint density at radius 2 is 2.06 bits per heavy atom. The number of rotatable bonds is 2. The van der Waals surface area contributed by atoms with Crippen molar-refractivity contribution in [2.24, 2.45) is 5.92 Å². The minimum Gasteiger partial charge on any atom is -0.357 e. The van der Waals surface area contributed by atoms with Crippen molar-refractivity contribution in [3.05, 3.63) is 5.01 Å². The van der Waals surface area contributed by atoms with Crippen LogP contribution in [0.5, 0.6) is 0 Å². The van der Waals surface area contributed by atoms with Gasteiger partial charge >= 0.3 is 6.18 Å². The number of hydrogen-bond donors (Lipinski definition) is 1. The lowest BCUT2D eigenvalue weighted by atomic mass is 9.85. The summed E-state index contributed by atoms with van der Waals surface area (Å²) in [5.74, 6) is -1.18. The Labute approximate surface area is 101 Å². The van der Waals surface area contributed by atoms with E-state index in [-0.39, 0.29) is 18.9 Å². The molecule has 1 saturated carbocycles. The molecule has 2 atom stereocenters. The molecule has 1 fully saturated rings. The molecule has 1 aromatic heterocycles. The Bertz CT molecular complexity index is 377. The molecule has 0 spiro atoms. The first-order valence-electron chi connectivity index (χ1n) is 5.58. The van der Waals surface area contributed by atoms with E-state index < -0.39 is 12.1 Å². The van der Waals surface area contributed by atoms with Crippen LogP contribution in [0.25, 0.3) is 0 Å². The molecule has 2 rings (SSSR count). The van der Waals surface area contributed by atoms with E-state index in [2.05, 4.69) is 15.5 Å². The van der Waals surface area contributed by atoms with E-state index in [0.29, 0.717) is 11.6 Å². The Kier molecular flexibility index (Phi) is 3.56. The maximum Gasteiger partial charge on any atom is 0.391 e. The molecule has 17 heavy (non-hydrogen) atoms. The van der Waals surface area contributed by atoms with Crippen LogP contribution in [0.1, 0.15) is 30.7 Å². The zero-order chi connectivity index (χ0) is 12.5. The molecule has 1 aromatic rings. The molecule has 0 saturated heterocycles. The van der Waals surface area contributed by atoms with Crippen LogP contribution in [0.15, 0.2) is 0 Å². The van der Waals surface area contributed by atoms with Gasteiger partial charge in [-0.3, -0.25) is 0 Å². The van der Waals surface area contributed by atoms with Gasteiger partial charge in [0.2, 0.25) is 5.13 Å². The van der Waals surface area contributed by atoms with Crippen LogP contribution in [0.3, 0.4) is 0 Å². The van der Waals surface area contributed by atoms with Crippen molar-refractivity contribution in [2.75, 3.05) is 5.32 Å². The number of hydrogen-bond acceptors (Lipinski definition) is 4. The third-order valence-corrected chi connectivity index (χ3v) is 3.76. The number of alkyl halides is 3. The number of aryl methyl sites for hydroxylation is 1. The molecule has 0 aliphatic heterocycles. The highest BCUT2D eigenvalue weighted by Gasteiger charge is 2.42. The van der Waals surface area contributed by atoms with Gasteiger partial charge in [-0.05, 0) is 26.2 Å². The van der Waals surface area contributed by atoms with Gasteiger partial charge in [0, 0.05) is 6.04 Å². The molecular weight excluding hydrogens is 251 g/mol. The smallest absolute Gasteiger partial charge is 0.357 e. The summed E-state index contributed by atoms with van der Waals surface area (Å²) in [6.45, 7) is 1.82. The lowest BCUT2D eigenvalue weighted by Gasteiger charge is -2.30. The van der Waals surface area contributed by atoms with E-state index in [9.17, 15) is 13.2 Å². The van der Waals surface area contributed by atoms with Gasteiger partial charge in [-0.1, -0.05) is 17.8 Å². The summed E-state index contributed by atoms with van der Waals surface area (Å²) in [5, 5.41) is 12.2. The zero-order valence-electron chi connectivity index (χ0n) is 9.42. The molecule has 7 heteroatoms. The second-order valence-electron chi connectivity index (χ2n) is 4.37. The van der Waals surface area contributed by atoms with Crippen LogP contribution < -0.4 is 5.32 Å². The zero-order valence-corrected chi connectivity index (χ0v) is 10.2. The van der Waals surface area contributed by atoms with E-state index in [1.54, 1.807) is 0 Å².